The molecule has 0 aliphatic heterocycles. The topological polar surface area (TPSA) is 0 Å². The highest BCUT2D eigenvalue weighted by molar-refractivity contribution is 6.85. The molecule has 0 heterocycles. The zero-order valence-corrected chi connectivity index (χ0v) is 13.3. The Kier molecular flexibility index (Phi) is 4.65. The lowest BCUT2D eigenvalue weighted by Crippen LogP contribution is -2.42. The molecule has 0 amide bonds. The number of hydrogen-bond acceptors (Lipinski definition) is 0. The summed E-state index contributed by atoms with van der Waals surface area (Å²) in [6, 6.07) is 34.2. The first kappa shape index (κ1) is 13.8. The van der Waals surface area contributed by atoms with E-state index in [9.17, 15) is 0 Å². The normalized spacial score (nSPS) is 10.7. The van der Waals surface area contributed by atoms with Crippen LogP contribution in [0.2, 0.25) is 6.04 Å². The summed E-state index contributed by atoms with van der Waals surface area (Å²) in [5.41, 5.74) is 1.45. The van der Waals surface area contributed by atoms with E-state index in [0.29, 0.717) is 0 Å². The molecule has 104 valence electrons. The van der Waals surface area contributed by atoms with Crippen LogP contribution in [0.1, 0.15) is 5.56 Å². The third-order valence-electron chi connectivity index (χ3n) is 3.97. The molecule has 3 rings (SSSR count). The van der Waals surface area contributed by atoms with E-state index in [0.717, 1.165) is 0 Å². The summed E-state index contributed by atoms with van der Waals surface area (Å²) in [6.45, 7) is 0. The summed E-state index contributed by atoms with van der Waals surface area (Å²) in [6.07, 6.45) is 1.17. The average molecular weight is 288 g/mol. The third-order valence-corrected chi connectivity index (χ3v) is 7.21. The fraction of sp³-hybridized carbons (Fsp3) is 0.100. The van der Waals surface area contributed by atoms with E-state index in [4.69, 9.17) is 0 Å². The van der Waals surface area contributed by atoms with Crippen molar-refractivity contribution in [3.05, 3.63) is 96.6 Å². The molecule has 21 heavy (non-hydrogen) atoms. The van der Waals surface area contributed by atoms with Gasteiger partial charge in [0.05, 0.1) is 0 Å². The highest BCUT2D eigenvalue weighted by Crippen LogP contribution is 2.06. The summed E-state index contributed by atoms with van der Waals surface area (Å²) in [7, 11) is -1.12. The minimum atomic E-state index is -1.12. The Morgan fingerprint density at radius 2 is 0.952 bits per heavy atom. The van der Waals surface area contributed by atoms with Crippen LogP contribution >= 0.6 is 0 Å². The van der Waals surface area contributed by atoms with Crippen LogP contribution < -0.4 is 10.4 Å². The van der Waals surface area contributed by atoms with Crippen molar-refractivity contribution in [3.63, 3.8) is 0 Å². The van der Waals surface area contributed by atoms with Crippen LogP contribution in [0.5, 0.6) is 0 Å². The third kappa shape index (κ3) is 3.70. The molecule has 0 aliphatic rings. The Hall–Kier alpha value is -2.12. The molecule has 0 aromatic heterocycles. The molecule has 0 atom stereocenters. The average Bonchev–Trinajstić information content (AvgIpc) is 2.58. The molecule has 0 saturated heterocycles. The van der Waals surface area contributed by atoms with Gasteiger partial charge in [-0.15, -0.1) is 0 Å². The molecular formula is C20H20Si. The van der Waals surface area contributed by atoms with Gasteiger partial charge in [-0.1, -0.05) is 101 Å². The van der Waals surface area contributed by atoms with Crippen molar-refractivity contribution in [2.45, 2.75) is 12.5 Å². The molecule has 1 heteroatoms. The van der Waals surface area contributed by atoms with Gasteiger partial charge in [0.15, 0.2) is 0 Å². The van der Waals surface area contributed by atoms with Crippen LogP contribution in [0.3, 0.4) is 0 Å². The van der Waals surface area contributed by atoms with Crippen molar-refractivity contribution >= 4 is 19.2 Å². The van der Waals surface area contributed by atoms with Gasteiger partial charge in [0.1, 0.15) is 8.80 Å². The quantitative estimate of drug-likeness (QED) is 0.632. The Balaban J connectivity index is 1.83. The number of benzene rings is 3. The van der Waals surface area contributed by atoms with Crippen molar-refractivity contribution in [2.75, 3.05) is 0 Å². The Morgan fingerprint density at radius 3 is 1.43 bits per heavy atom. The molecule has 0 N–H and O–H groups in total. The molecule has 3 aromatic rings. The second kappa shape index (κ2) is 7.05. The van der Waals surface area contributed by atoms with Crippen LogP contribution in [-0.4, -0.2) is 8.80 Å². The molecule has 0 radical (unpaired) electrons. The number of hydrogen-bond donors (Lipinski definition) is 0. The minimum Gasteiger partial charge on any atom is -0.0629 e. The lowest BCUT2D eigenvalue weighted by Gasteiger charge is -2.16. The minimum absolute atomic E-state index is 1.12. The predicted octanol–water partition coefficient (Wildman–Crippen LogP) is 3.27. The summed E-state index contributed by atoms with van der Waals surface area (Å²) in [4.78, 5) is 0. The van der Waals surface area contributed by atoms with E-state index < -0.39 is 8.80 Å². The van der Waals surface area contributed by atoms with Gasteiger partial charge >= 0.3 is 0 Å². The van der Waals surface area contributed by atoms with Gasteiger partial charge in [0.2, 0.25) is 0 Å². The van der Waals surface area contributed by atoms with Crippen LogP contribution in [0.4, 0.5) is 0 Å². The largest absolute Gasteiger partial charge is 0.103 e. The SMILES string of the molecule is c1ccc(CC[SiH](c2ccccc2)c2ccccc2)cc1. The smallest absolute Gasteiger partial charge is 0.0629 e. The van der Waals surface area contributed by atoms with E-state index in [-0.39, 0.29) is 0 Å². The summed E-state index contributed by atoms with van der Waals surface area (Å²) < 4.78 is 0. The molecule has 0 nitrogen and oxygen atoms in total. The highest BCUT2D eigenvalue weighted by Gasteiger charge is 2.15. The molecule has 0 fully saturated rings. The van der Waals surface area contributed by atoms with E-state index in [1.54, 1.807) is 10.4 Å². The first-order valence-corrected chi connectivity index (χ1v) is 9.54. The second-order valence-electron chi connectivity index (χ2n) is 5.40. The lowest BCUT2D eigenvalue weighted by atomic mass is 10.2. The lowest BCUT2D eigenvalue weighted by molar-refractivity contribution is 1.12. The number of rotatable bonds is 5. The Morgan fingerprint density at radius 1 is 0.524 bits per heavy atom. The molecule has 0 aliphatic carbocycles. The van der Waals surface area contributed by atoms with E-state index >= 15 is 0 Å². The van der Waals surface area contributed by atoms with Gasteiger partial charge in [-0.05, 0) is 18.0 Å². The van der Waals surface area contributed by atoms with Gasteiger partial charge < -0.3 is 0 Å². The zero-order chi connectivity index (χ0) is 14.3. The van der Waals surface area contributed by atoms with Crippen molar-refractivity contribution in [2.24, 2.45) is 0 Å². The molecule has 0 unspecified atom stereocenters. The van der Waals surface area contributed by atoms with Crippen molar-refractivity contribution in [1.29, 1.82) is 0 Å². The Bertz CT molecular complexity index is 608. The molecular weight excluding hydrogens is 268 g/mol. The highest BCUT2D eigenvalue weighted by atomic mass is 28.3. The first-order valence-electron chi connectivity index (χ1n) is 7.57. The maximum absolute atomic E-state index is 2.30. The fourth-order valence-corrected chi connectivity index (χ4v) is 5.90. The maximum atomic E-state index is 2.30. The summed E-state index contributed by atoms with van der Waals surface area (Å²) >= 11 is 0. The predicted molar refractivity (Wildman–Crippen MR) is 94.3 cm³/mol. The summed E-state index contributed by atoms with van der Waals surface area (Å²) in [5.74, 6) is 0. The molecule has 0 saturated carbocycles. The van der Waals surface area contributed by atoms with Crippen molar-refractivity contribution in [1.82, 2.24) is 0 Å². The van der Waals surface area contributed by atoms with Gasteiger partial charge in [-0.25, -0.2) is 0 Å². The van der Waals surface area contributed by atoms with Crippen molar-refractivity contribution < 1.29 is 0 Å². The van der Waals surface area contributed by atoms with Gasteiger partial charge in [-0.3, -0.25) is 0 Å². The monoisotopic (exact) mass is 288 g/mol. The van der Waals surface area contributed by atoms with Crippen LogP contribution in [0.25, 0.3) is 0 Å². The van der Waals surface area contributed by atoms with Crippen LogP contribution in [0.15, 0.2) is 91.0 Å². The molecule has 3 aromatic carbocycles. The zero-order valence-electron chi connectivity index (χ0n) is 12.2. The fourth-order valence-electron chi connectivity index (χ4n) is 2.85. The van der Waals surface area contributed by atoms with Gasteiger partial charge in [0, 0.05) is 0 Å². The standard InChI is InChI=1S/C20H20Si/c1-4-10-18(11-5-1)16-17-21(19-12-6-2-7-13-19)20-14-8-3-9-15-20/h1-15,21H,16-17H2. The first-order chi connectivity index (χ1) is 10.4. The summed E-state index contributed by atoms with van der Waals surface area (Å²) in [5, 5.41) is 3.08. The van der Waals surface area contributed by atoms with E-state index in [1.807, 2.05) is 0 Å². The van der Waals surface area contributed by atoms with E-state index in [2.05, 4.69) is 91.0 Å². The van der Waals surface area contributed by atoms with Crippen molar-refractivity contribution in [3.8, 4) is 0 Å². The second-order valence-corrected chi connectivity index (χ2v) is 8.41. The molecule has 0 spiro atoms. The maximum Gasteiger partial charge on any atom is 0.103 e. The molecule has 0 bridgehead atoms. The van der Waals surface area contributed by atoms with Crippen LogP contribution in [0, 0.1) is 0 Å². The van der Waals surface area contributed by atoms with Crippen LogP contribution in [-0.2, 0) is 6.42 Å². The Labute approximate surface area is 128 Å². The number of aryl methyl sites for hydroxylation is 1. The van der Waals surface area contributed by atoms with Gasteiger partial charge in [-0.2, -0.15) is 0 Å². The van der Waals surface area contributed by atoms with Gasteiger partial charge in [0.25, 0.3) is 0 Å². The van der Waals surface area contributed by atoms with E-state index in [1.165, 1.54) is 18.0 Å².